The molecule has 1 atom stereocenters. The minimum absolute atomic E-state index is 0.192. The van der Waals surface area contributed by atoms with Crippen molar-refractivity contribution in [2.75, 3.05) is 45.8 Å². The summed E-state index contributed by atoms with van der Waals surface area (Å²) >= 11 is 5.51. The molecule has 0 saturated carbocycles. The molecule has 17 heavy (non-hydrogen) atoms. The van der Waals surface area contributed by atoms with E-state index in [-0.39, 0.29) is 5.92 Å². The average Bonchev–Trinajstić information content (AvgIpc) is 2.85. The van der Waals surface area contributed by atoms with E-state index in [4.69, 9.17) is 11.6 Å². The maximum Gasteiger partial charge on any atom is 0.227 e. The molecule has 4 nitrogen and oxygen atoms in total. The van der Waals surface area contributed by atoms with E-state index < -0.39 is 0 Å². The number of hydrogen-bond donors (Lipinski definition) is 1. The van der Waals surface area contributed by atoms with E-state index in [0.29, 0.717) is 5.91 Å². The van der Waals surface area contributed by atoms with Gasteiger partial charge in [0.25, 0.3) is 0 Å². The van der Waals surface area contributed by atoms with E-state index in [9.17, 15) is 4.79 Å². The van der Waals surface area contributed by atoms with Crippen molar-refractivity contribution >= 4 is 17.5 Å². The molecular weight excluding hydrogens is 238 g/mol. The first kappa shape index (κ1) is 12.9. The first-order valence-corrected chi connectivity index (χ1v) is 6.72. The van der Waals surface area contributed by atoms with Crippen LogP contribution in [0.5, 0.6) is 0 Å². The van der Waals surface area contributed by atoms with Crippen LogP contribution in [0.1, 0.15) is 6.42 Å². The summed E-state index contributed by atoms with van der Waals surface area (Å²) in [6, 6.07) is 0. The summed E-state index contributed by atoms with van der Waals surface area (Å²) in [4.78, 5) is 16.5. The van der Waals surface area contributed by atoms with Crippen LogP contribution in [-0.2, 0) is 4.79 Å². The topological polar surface area (TPSA) is 35.6 Å². The molecule has 2 aliphatic heterocycles. The standard InChI is InChI=1S/C12H20ClN3O/c13-3-1-6-15-7-2-11(10-15)12(17)16-8-4-14-5-9-16/h1,3,11,14H,2,4-10H2/b3-1+. The fourth-order valence-electron chi connectivity index (χ4n) is 2.53. The lowest BCUT2D eigenvalue weighted by Crippen LogP contribution is -2.48. The van der Waals surface area contributed by atoms with Crippen LogP contribution in [-0.4, -0.2) is 61.5 Å². The molecule has 1 unspecified atom stereocenters. The van der Waals surface area contributed by atoms with Crippen LogP contribution in [0, 0.1) is 5.92 Å². The van der Waals surface area contributed by atoms with Gasteiger partial charge in [0.1, 0.15) is 0 Å². The number of piperazine rings is 1. The van der Waals surface area contributed by atoms with Crippen molar-refractivity contribution < 1.29 is 4.79 Å². The van der Waals surface area contributed by atoms with Gasteiger partial charge in [0, 0.05) is 44.8 Å². The highest BCUT2D eigenvalue weighted by Crippen LogP contribution is 2.18. The van der Waals surface area contributed by atoms with Gasteiger partial charge in [-0.1, -0.05) is 17.7 Å². The van der Waals surface area contributed by atoms with Crippen LogP contribution in [0.3, 0.4) is 0 Å². The fraction of sp³-hybridized carbons (Fsp3) is 0.750. The number of likely N-dealkylation sites (tertiary alicyclic amines) is 1. The number of carbonyl (C=O) groups excluding carboxylic acids is 1. The summed E-state index contributed by atoms with van der Waals surface area (Å²) < 4.78 is 0. The second-order valence-corrected chi connectivity index (χ2v) is 4.93. The van der Waals surface area contributed by atoms with Crippen molar-refractivity contribution in [1.29, 1.82) is 0 Å². The summed E-state index contributed by atoms with van der Waals surface area (Å²) in [6.45, 7) is 6.31. The molecule has 96 valence electrons. The van der Waals surface area contributed by atoms with E-state index in [2.05, 4.69) is 10.2 Å². The van der Waals surface area contributed by atoms with Gasteiger partial charge in [-0.25, -0.2) is 0 Å². The van der Waals surface area contributed by atoms with E-state index in [1.165, 1.54) is 0 Å². The minimum Gasteiger partial charge on any atom is -0.340 e. The zero-order chi connectivity index (χ0) is 12.1. The number of nitrogens with one attached hydrogen (secondary N) is 1. The minimum atomic E-state index is 0.192. The molecule has 2 rings (SSSR count). The molecule has 0 spiro atoms. The summed E-state index contributed by atoms with van der Waals surface area (Å²) in [6.07, 6.45) is 2.91. The van der Waals surface area contributed by atoms with Crippen molar-refractivity contribution in [3.63, 3.8) is 0 Å². The molecule has 0 aromatic carbocycles. The third-order valence-corrected chi connectivity index (χ3v) is 3.68. The molecule has 0 aromatic rings. The van der Waals surface area contributed by atoms with Crippen LogP contribution < -0.4 is 5.32 Å². The van der Waals surface area contributed by atoms with Gasteiger partial charge in [0.05, 0.1) is 5.92 Å². The quantitative estimate of drug-likeness (QED) is 0.800. The van der Waals surface area contributed by atoms with Crippen molar-refractivity contribution in [1.82, 2.24) is 15.1 Å². The smallest absolute Gasteiger partial charge is 0.227 e. The number of nitrogens with zero attached hydrogens (tertiary/aromatic N) is 2. The molecule has 2 fully saturated rings. The number of amides is 1. The Morgan fingerprint density at radius 2 is 2.12 bits per heavy atom. The molecule has 0 aromatic heterocycles. The number of carbonyl (C=O) groups is 1. The van der Waals surface area contributed by atoms with E-state index >= 15 is 0 Å². The lowest BCUT2D eigenvalue weighted by atomic mass is 10.1. The van der Waals surface area contributed by atoms with Crippen LogP contribution in [0.15, 0.2) is 11.6 Å². The van der Waals surface area contributed by atoms with Crippen molar-refractivity contribution in [2.45, 2.75) is 6.42 Å². The lowest BCUT2D eigenvalue weighted by molar-refractivity contribution is -0.135. The predicted octanol–water partition coefficient (Wildman–Crippen LogP) is 0.493. The van der Waals surface area contributed by atoms with Gasteiger partial charge in [-0.3, -0.25) is 9.69 Å². The Morgan fingerprint density at radius 1 is 1.35 bits per heavy atom. The molecule has 2 saturated heterocycles. The lowest BCUT2D eigenvalue weighted by Gasteiger charge is -2.29. The molecule has 5 heteroatoms. The van der Waals surface area contributed by atoms with Crippen molar-refractivity contribution in [2.24, 2.45) is 5.92 Å². The predicted molar refractivity (Wildman–Crippen MR) is 69.0 cm³/mol. The molecule has 2 aliphatic rings. The summed E-state index contributed by atoms with van der Waals surface area (Å²) in [5.41, 5.74) is 1.55. The first-order valence-electron chi connectivity index (χ1n) is 6.28. The second kappa shape index (κ2) is 6.38. The molecule has 0 aliphatic carbocycles. The van der Waals surface area contributed by atoms with E-state index in [1.54, 1.807) is 5.54 Å². The SMILES string of the molecule is O=C(C1CCN(C/C=C/Cl)C1)N1CCNCC1. The molecule has 1 N–H and O–H groups in total. The summed E-state index contributed by atoms with van der Waals surface area (Å²) in [5.74, 6) is 0.528. The maximum absolute atomic E-state index is 12.2. The zero-order valence-electron chi connectivity index (χ0n) is 10.1. The Hall–Kier alpha value is -0.580. The van der Waals surface area contributed by atoms with Gasteiger partial charge < -0.3 is 10.2 Å². The maximum atomic E-state index is 12.2. The Kier molecular flexibility index (Phi) is 4.83. The monoisotopic (exact) mass is 257 g/mol. The third kappa shape index (κ3) is 3.44. The summed E-state index contributed by atoms with van der Waals surface area (Å²) in [5, 5.41) is 3.27. The van der Waals surface area contributed by atoms with Crippen LogP contribution in [0.2, 0.25) is 0 Å². The largest absolute Gasteiger partial charge is 0.340 e. The normalized spacial score (nSPS) is 26.9. The third-order valence-electron chi connectivity index (χ3n) is 3.50. The van der Waals surface area contributed by atoms with E-state index in [0.717, 1.165) is 52.2 Å². The molecular formula is C12H20ClN3O. The highest BCUT2D eigenvalue weighted by Gasteiger charge is 2.31. The molecule has 0 radical (unpaired) electrons. The van der Waals surface area contributed by atoms with Gasteiger partial charge in [-0.05, 0) is 13.0 Å². The van der Waals surface area contributed by atoms with Crippen LogP contribution >= 0.6 is 11.6 Å². The molecule has 2 heterocycles. The van der Waals surface area contributed by atoms with Crippen LogP contribution in [0.25, 0.3) is 0 Å². The van der Waals surface area contributed by atoms with Gasteiger partial charge in [0.2, 0.25) is 5.91 Å². The molecule has 0 bridgehead atoms. The Balaban J connectivity index is 1.80. The van der Waals surface area contributed by atoms with Gasteiger partial charge in [-0.15, -0.1) is 0 Å². The number of halogens is 1. The average molecular weight is 258 g/mol. The van der Waals surface area contributed by atoms with Gasteiger partial charge in [0.15, 0.2) is 0 Å². The summed E-state index contributed by atoms with van der Waals surface area (Å²) in [7, 11) is 0. The number of hydrogen-bond acceptors (Lipinski definition) is 3. The Morgan fingerprint density at radius 3 is 2.82 bits per heavy atom. The first-order chi connectivity index (χ1) is 8.31. The van der Waals surface area contributed by atoms with Gasteiger partial charge in [-0.2, -0.15) is 0 Å². The van der Waals surface area contributed by atoms with Gasteiger partial charge >= 0.3 is 0 Å². The second-order valence-electron chi connectivity index (χ2n) is 4.68. The highest BCUT2D eigenvalue weighted by molar-refractivity contribution is 6.25. The highest BCUT2D eigenvalue weighted by atomic mass is 35.5. The van der Waals surface area contributed by atoms with Crippen molar-refractivity contribution in [3.8, 4) is 0 Å². The zero-order valence-corrected chi connectivity index (χ0v) is 10.8. The Bertz CT molecular complexity index is 289. The van der Waals surface area contributed by atoms with E-state index in [1.807, 2.05) is 11.0 Å². The fourth-order valence-corrected chi connectivity index (χ4v) is 2.61. The Labute approximate surface area is 108 Å². The molecule has 1 amide bonds. The van der Waals surface area contributed by atoms with Crippen molar-refractivity contribution in [3.05, 3.63) is 11.6 Å². The van der Waals surface area contributed by atoms with Crippen LogP contribution in [0.4, 0.5) is 0 Å². The number of rotatable bonds is 3.